The predicted octanol–water partition coefficient (Wildman–Crippen LogP) is 1.38. The van der Waals surface area contributed by atoms with Crippen molar-refractivity contribution in [2.45, 2.75) is 32.3 Å². The van der Waals surface area contributed by atoms with Gasteiger partial charge >= 0.3 is 0 Å². The van der Waals surface area contributed by atoms with Gasteiger partial charge in [-0.05, 0) is 46.8 Å². The van der Waals surface area contributed by atoms with E-state index in [-0.39, 0.29) is 12.0 Å². The second-order valence-electron chi connectivity index (χ2n) is 6.07. The van der Waals surface area contributed by atoms with Crippen molar-refractivity contribution in [3.63, 3.8) is 0 Å². The van der Waals surface area contributed by atoms with Crippen molar-refractivity contribution in [3.8, 4) is 5.88 Å². The second kappa shape index (κ2) is 8.88. The van der Waals surface area contributed by atoms with Crippen LogP contribution in [0.2, 0.25) is 0 Å². The van der Waals surface area contributed by atoms with E-state index in [1.807, 2.05) is 11.8 Å². The summed E-state index contributed by atoms with van der Waals surface area (Å²) in [6.07, 6.45) is 3.09. The molecule has 7 heteroatoms. The van der Waals surface area contributed by atoms with E-state index >= 15 is 0 Å². The van der Waals surface area contributed by atoms with Gasteiger partial charge in [0, 0.05) is 25.8 Å². The Labute approximate surface area is 137 Å². The van der Waals surface area contributed by atoms with Gasteiger partial charge in [0.2, 0.25) is 5.88 Å². The summed E-state index contributed by atoms with van der Waals surface area (Å²) in [6, 6.07) is 1.66. The van der Waals surface area contributed by atoms with Crippen molar-refractivity contribution in [1.82, 2.24) is 20.0 Å². The predicted molar refractivity (Wildman–Crippen MR) is 87.8 cm³/mol. The molecule has 1 amide bonds. The van der Waals surface area contributed by atoms with Gasteiger partial charge in [0.05, 0.1) is 12.7 Å². The molecule has 23 heavy (non-hydrogen) atoms. The first kappa shape index (κ1) is 17.7. The molecule has 1 aromatic heterocycles. The third-order valence-electron chi connectivity index (χ3n) is 3.91. The third-order valence-corrected chi connectivity index (χ3v) is 3.91. The van der Waals surface area contributed by atoms with Crippen molar-refractivity contribution in [2.75, 3.05) is 46.9 Å². The number of ether oxygens (including phenoxy) is 2. The van der Waals surface area contributed by atoms with Crippen LogP contribution in [-0.2, 0) is 4.74 Å². The van der Waals surface area contributed by atoms with Gasteiger partial charge in [-0.1, -0.05) is 0 Å². The third kappa shape index (κ3) is 5.51. The monoisotopic (exact) mass is 324 g/mol. The number of H-pyrrole nitrogens is 1. The summed E-state index contributed by atoms with van der Waals surface area (Å²) in [5.74, 6) is 0.449. The molecule has 0 radical (unpaired) electrons. The van der Waals surface area contributed by atoms with Gasteiger partial charge in [0.1, 0.15) is 5.69 Å². The Morgan fingerprint density at radius 2 is 2.17 bits per heavy atom. The number of carbonyl (C=O) groups excluding carboxylic acids is 1. The summed E-state index contributed by atoms with van der Waals surface area (Å²) in [4.78, 5) is 16.4. The Bertz CT molecular complexity index is 481. The molecule has 0 saturated carbocycles. The van der Waals surface area contributed by atoms with E-state index in [0.29, 0.717) is 18.2 Å². The number of likely N-dealkylation sites (tertiary alicyclic amines) is 1. The zero-order chi connectivity index (χ0) is 16.7. The van der Waals surface area contributed by atoms with E-state index in [2.05, 4.69) is 29.2 Å². The lowest BCUT2D eigenvalue weighted by atomic mass is 10.1. The van der Waals surface area contributed by atoms with Crippen LogP contribution in [-0.4, -0.2) is 79.0 Å². The molecule has 1 N–H and O–H groups in total. The molecular weight excluding hydrogens is 296 g/mol. The molecule has 7 nitrogen and oxygen atoms in total. The quantitative estimate of drug-likeness (QED) is 0.732. The van der Waals surface area contributed by atoms with Gasteiger partial charge < -0.3 is 19.3 Å². The number of amides is 1. The van der Waals surface area contributed by atoms with Gasteiger partial charge in [-0.15, -0.1) is 5.10 Å². The summed E-state index contributed by atoms with van der Waals surface area (Å²) in [7, 11) is 4.13. The molecule has 1 saturated heterocycles. The standard InChI is InChI=1S/C16H28N4O3/c1-4-22-15-12-14(17-18-15)16(21)20-9-6-13(7-10-20)23-11-5-8-19(2)3/h12-13H,4-11H2,1-3H3,(H,17,18). The SMILES string of the molecule is CCOc1cc(C(=O)N2CCC(OCCCN(C)C)CC2)[nH]n1. The average molecular weight is 324 g/mol. The minimum absolute atomic E-state index is 0.0190. The Morgan fingerprint density at radius 1 is 1.43 bits per heavy atom. The fraction of sp³-hybridized carbons (Fsp3) is 0.750. The van der Waals surface area contributed by atoms with E-state index in [0.717, 1.165) is 45.5 Å². The molecule has 0 aliphatic carbocycles. The number of hydrogen-bond acceptors (Lipinski definition) is 5. The number of nitrogens with one attached hydrogen (secondary N) is 1. The number of piperidine rings is 1. The van der Waals surface area contributed by atoms with Crippen LogP contribution in [0.4, 0.5) is 0 Å². The van der Waals surface area contributed by atoms with Gasteiger partial charge in [-0.25, -0.2) is 0 Å². The number of aromatic amines is 1. The molecule has 0 unspecified atom stereocenters. The largest absolute Gasteiger partial charge is 0.477 e. The smallest absolute Gasteiger partial charge is 0.272 e. The first-order valence-electron chi connectivity index (χ1n) is 8.34. The van der Waals surface area contributed by atoms with E-state index < -0.39 is 0 Å². The highest BCUT2D eigenvalue weighted by atomic mass is 16.5. The normalized spacial score (nSPS) is 16.1. The molecule has 130 valence electrons. The van der Waals surface area contributed by atoms with Gasteiger partial charge in [-0.2, -0.15) is 0 Å². The van der Waals surface area contributed by atoms with Crippen molar-refractivity contribution in [3.05, 3.63) is 11.8 Å². The summed E-state index contributed by atoms with van der Waals surface area (Å²) >= 11 is 0. The second-order valence-corrected chi connectivity index (χ2v) is 6.07. The maximum Gasteiger partial charge on any atom is 0.272 e. The highest BCUT2D eigenvalue weighted by Gasteiger charge is 2.25. The number of aromatic nitrogens is 2. The molecule has 1 aliphatic heterocycles. The Kier molecular flexibility index (Phi) is 6.85. The van der Waals surface area contributed by atoms with Crippen LogP contribution in [0.5, 0.6) is 5.88 Å². The number of carbonyl (C=O) groups is 1. The van der Waals surface area contributed by atoms with Gasteiger partial charge in [0.25, 0.3) is 5.91 Å². The lowest BCUT2D eigenvalue weighted by Crippen LogP contribution is -2.41. The molecule has 1 aliphatic rings. The van der Waals surface area contributed by atoms with Crippen LogP contribution in [0.3, 0.4) is 0 Å². The highest BCUT2D eigenvalue weighted by Crippen LogP contribution is 2.17. The van der Waals surface area contributed by atoms with Gasteiger partial charge in [-0.3, -0.25) is 9.89 Å². The summed E-state index contributed by atoms with van der Waals surface area (Å²) < 4.78 is 11.2. The van der Waals surface area contributed by atoms with E-state index in [1.54, 1.807) is 6.07 Å². The van der Waals surface area contributed by atoms with E-state index in [9.17, 15) is 4.79 Å². The van der Waals surface area contributed by atoms with Crippen LogP contribution in [0, 0.1) is 0 Å². The summed E-state index contributed by atoms with van der Waals surface area (Å²) in [6.45, 7) is 5.70. The molecule has 0 bridgehead atoms. The first-order valence-corrected chi connectivity index (χ1v) is 8.34. The summed E-state index contributed by atoms with van der Waals surface area (Å²) in [5, 5.41) is 6.73. The van der Waals surface area contributed by atoms with Crippen LogP contribution < -0.4 is 4.74 Å². The highest BCUT2D eigenvalue weighted by molar-refractivity contribution is 5.92. The topological polar surface area (TPSA) is 70.7 Å². The zero-order valence-corrected chi connectivity index (χ0v) is 14.4. The molecule has 1 aromatic rings. The maximum absolute atomic E-state index is 12.4. The van der Waals surface area contributed by atoms with Gasteiger partial charge in [0.15, 0.2) is 0 Å². The van der Waals surface area contributed by atoms with Crippen molar-refractivity contribution in [2.24, 2.45) is 0 Å². The summed E-state index contributed by atoms with van der Waals surface area (Å²) in [5.41, 5.74) is 0.485. The maximum atomic E-state index is 12.4. The van der Waals surface area contributed by atoms with Crippen molar-refractivity contribution in [1.29, 1.82) is 0 Å². The van der Waals surface area contributed by atoms with Crippen LogP contribution in [0.15, 0.2) is 6.07 Å². The number of nitrogens with zero attached hydrogens (tertiary/aromatic N) is 3. The zero-order valence-electron chi connectivity index (χ0n) is 14.4. The lowest BCUT2D eigenvalue weighted by molar-refractivity contribution is 0.00619. The molecule has 2 rings (SSSR count). The van der Waals surface area contributed by atoms with E-state index in [1.165, 1.54) is 0 Å². The minimum Gasteiger partial charge on any atom is -0.477 e. The lowest BCUT2D eigenvalue weighted by Gasteiger charge is -2.31. The van der Waals surface area contributed by atoms with Crippen LogP contribution in [0.25, 0.3) is 0 Å². The average Bonchev–Trinajstić information content (AvgIpc) is 3.00. The number of rotatable bonds is 8. The molecule has 2 heterocycles. The molecule has 0 aromatic carbocycles. The van der Waals surface area contributed by atoms with E-state index in [4.69, 9.17) is 9.47 Å². The Balaban J connectivity index is 1.71. The fourth-order valence-electron chi connectivity index (χ4n) is 2.66. The molecule has 0 atom stereocenters. The fourth-order valence-corrected chi connectivity index (χ4v) is 2.66. The number of hydrogen-bond donors (Lipinski definition) is 1. The molecule has 1 fully saturated rings. The minimum atomic E-state index is -0.0190. The van der Waals surface area contributed by atoms with Crippen LogP contribution >= 0.6 is 0 Å². The van der Waals surface area contributed by atoms with Crippen molar-refractivity contribution >= 4 is 5.91 Å². The van der Waals surface area contributed by atoms with Crippen molar-refractivity contribution < 1.29 is 14.3 Å². The first-order chi connectivity index (χ1) is 11.1. The Hall–Kier alpha value is -1.60. The van der Waals surface area contributed by atoms with Crippen LogP contribution in [0.1, 0.15) is 36.7 Å². The molecular formula is C16H28N4O3. The Morgan fingerprint density at radius 3 is 2.83 bits per heavy atom. The molecule has 0 spiro atoms.